The van der Waals surface area contributed by atoms with Crippen LogP contribution in [0, 0.1) is 0 Å². The Morgan fingerprint density at radius 1 is 1.35 bits per heavy atom. The van der Waals surface area contributed by atoms with Gasteiger partial charge in [-0.15, -0.1) is 0 Å². The van der Waals surface area contributed by atoms with Crippen molar-refractivity contribution in [1.82, 2.24) is 10.2 Å². The predicted octanol–water partition coefficient (Wildman–Crippen LogP) is 3.42. The second kappa shape index (κ2) is 3.99. The standard InChI is InChI=1S/C14H16N2O/c1-9(17)11-6-7-13-12(8-11)14(16-15-13)10-4-2-3-5-10/h6-8,10H,2-5H2,1H3,(H,15,16). The van der Waals surface area contributed by atoms with E-state index in [0.717, 1.165) is 16.5 Å². The molecule has 3 heteroatoms. The summed E-state index contributed by atoms with van der Waals surface area (Å²) in [5, 5.41) is 8.62. The fourth-order valence-corrected chi connectivity index (χ4v) is 2.77. The molecule has 1 aromatic carbocycles. The molecule has 0 amide bonds. The second-order valence-corrected chi connectivity index (χ2v) is 4.91. The van der Waals surface area contributed by atoms with Gasteiger partial charge in [0.15, 0.2) is 5.78 Å². The number of H-pyrrole nitrogens is 1. The number of aromatic nitrogens is 2. The molecule has 0 atom stereocenters. The molecular formula is C14H16N2O. The number of benzene rings is 1. The molecule has 88 valence electrons. The number of ketones is 1. The van der Waals surface area contributed by atoms with Gasteiger partial charge >= 0.3 is 0 Å². The zero-order valence-electron chi connectivity index (χ0n) is 9.99. The monoisotopic (exact) mass is 228 g/mol. The summed E-state index contributed by atoms with van der Waals surface area (Å²) >= 11 is 0. The summed E-state index contributed by atoms with van der Waals surface area (Å²) < 4.78 is 0. The number of hydrogen-bond acceptors (Lipinski definition) is 2. The number of carbonyl (C=O) groups excluding carboxylic acids is 1. The lowest BCUT2D eigenvalue weighted by Gasteiger charge is -2.06. The molecule has 1 aromatic heterocycles. The summed E-state index contributed by atoms with van der Waals surface area (Å²) in [7, 11) is 0. The molecule has 1 fully saturated rings. The van der Waals surface area contributed by atoms with Crippen molar-refractivity contribution in [3.05, 3.63) is 29.5 Å². The van der Waals surface area contributed by atoms with E-state index in [0.29, 0.717) is 5.92 Å². The highest BCUT2D eigenvalue weighted by molar-refractivity contribution is 5.98. The summed E-state index contributed by atoms with van der Waals surface area (Å²) in [6.07, 6.45) is 5.08. The van der Waals surface area contributed by atoms with Crippen LogP contribution in [0.4, 0.5) is 0 Å². The van der Waals surface area contributed by atoms with Crippen molar-refractivity contribution < 1.29 is 4.79 Å². The SMILES string of the molecule is CC(=O)c1ccc2n[nH]c(C3CCCC3)c2c1. The zero-order chi connectivity index (χ0) is 11.8. The number of rotatable bonds is 2. The molecular weight excluding hydrogens is 212 g/mol. The Morgan fingerprint density at radius 2 is 2.12 bits per heavy atom. The number of nitrogens with one attached hydrogen (secondary N) is 1. The van der Waals surface area contributed by atoms with E-state index in [1.807, 2.05) is 18.2 Å². The number of nitrogens with zero attached hydrogens (tertiary/aromatic N) is 1. The first kappa shape index (κ1) is 10.5. The average Bonchev–Trinajstić information content (AvgIpc) is 2.96. The van der Waals surface area contributed by atoms with Crippen LogP contribution in [0.15, 0.2) is 18.2 Å². The third-order valence-corrected chi connectivity index (χ3v) is 3.75. The number of hydrogen-bond donors (Lipinski definition) is 1. The normalized spacial score (nSPS) is 16.8. The highest BCUT2D eigenvalue weighted by Crippen LogP contribution is 2.36. The molecule has 3 nitrogen and oxygen atoms in total. The molecule has 17 heavy (non-hydrogen) atoms. The van der Waals surface area contributed by atoms with Crippen molar-refractivity contribution in [3.63, 3.8) is 0 Å². The summed E-state index contributed by atoms with van der Waals surface area (Å²) in [4.78, 5) is 11.4. The first-order valence-corrected chi connectivity index (χ1v) is 6.24. The van der Waals surface area contributed by atoms with Crippen molar-refractivity contribution in [3.8, 4) is 0 Å². The zero-order valence-corrected chi connectivity index (χ0v) is 9.99. The van der Waals surface area contributed by atoms with Crippen LogP contribution in [0.5, 0.6) is 0 Å². The predicted molar refractivity (Wildman–Crippen MR) is 67.3 cm³/mol. The van der Waals surface area contributed by atoms with Gasteiger partial charge in [0.05, 0.1) is 5.52 Å². The lowest BCUT2D eigenvalue weighted by Crippen LogP contribution is -1.95. The molecule has 0 radical (unpaired) electrons. The Hall–Kier alpha value is -1.64. The quantitative estimate of drug-likeness (QED) is 0.800. The van der Waals surface area contributed by atoms with Crippen molar-refractivity contribution in [2.75, 3.05) is 0 Å². The van der Waals surface area contributed by atoms with Crippen LogP contribution in [0.3, 0.4) is 0 Å². The lowest BCUT2D eigenvalue weighted by atomic mass is 9.99. The van der Waals surface area contributed by atoms with Gasteiger partial charge in [0, 0.05) is 22.6 Å². The first-order chi connectivity index (χ1) is 8.25. The van der Waals surface area contributed by atoms with E-state index < -0.39 is 0 Å². The van der Waals surface area contributed by atoms with Gasteiger partial charge in [-0.2, -0.15) is 5.10 Å². The van der Waals surface area contributed by atoms with Gasteiger partial charge in [0.2, 0.25) is 0 Å². The van der Waals surface area contributed by atoms with Crippen LogP contribution in [0.2, 0.25) is 0 Å². The molecule has 0 saturated heterocycles. The van der Waals surface area contributed by atoms with Gasteiger partial charge in [-0.1, -0.05) is 12.8 Å². The Kier molecular flexibility index (Phi) is 2.46. The molecule has 2 aromatic rings. The number of carbonyl (C=O) groups is 1. The van der Waals surface area contributed by atoms with E-state index in [4.69, 9.17) is 0 Å². The van der Waals surface area contributed by atoms with Crippen LogP contribution in [0.1, 0.15) is 54.6 Å². The Labute approximate surface area is 100 Å². The largest absolute Gasteiger partial charge is 0.295 e. The van der Waals surface area contributed by atoms with E-state index in [9.17, 15) is 4.79 Å². The van der Waals surface area contributed by atoms with Crippen LogP contribution in [-0.4, -0.2) is 16.0 Å². The highest BCUT2D eigenvalue weighted by atomic mass is 16.1. The Balaban J connectivity index is 2.11. The average molecular weight is 228 g/mol. The Morgan fingerprint density at radius 3 is 2.82 bits per heavy atom. The maximum absolute atomic E-state index is 11.4. The minimum Gasteiger partial charge on any atom is -0.295 e. The van der Waals surface area contributed by atoms with E-state index in [-0.39, 0.29) is 5.78 Å². The lowest BCUT2D eigenvalue weighted by molar-refractivity contribution is 0.101. The molecule has 3 rings (SSSR count). The number of Topliss-reactive ketones (excluding diaryl/α,β-unsaturated/α-hetero) is 1. The minimum absolute atomic E-state index is 0.116. The van der Waals surface area contributed by atoms with Gasteiger partial charge in [-0.3, -0.25) is 9.89 Å². The number of aromatic amines is 1. The van der Waals surface area contributed by atoms with Gasteiger partial charge < -0.3 is 0 Å². The van der Waals surface area contributed by atoms with Crippen LogP contribution < -0.4 is 0 Å². The summed E-state index contributed by atoms with van der Waals surface area (Å²) in [5.41, 5.74) is 2.97. The molecule has 1 aliphatic carbocycles. The fourth-order valence-electron chi connectivity index (χ4n) is 2.77. The maximum atomic E-state index is 11.4. The molecule has 1 N–H and O–H groups in total. The van der Waals surface area contributed by atoms with Crippen molar-refractivity contribution in [2.24, 2.45) is 0 Å². The topological polar surface area (TPSA) is 45.8 Å². The van der Waals surface area contributed by atoms with Gasteiger partial charge in [0.25, 0.3) is 0 Å². The minimum atomic E-state index is 0.116. The van der Waals surface area contributed by atoms with Gasteiger partial charge in [-0.25, -0.2) is 0 Å². The van der Waals surface area contributed by atoms with Crippen LogP contribution >= 0.6 is 0 Å². The molecule has 0 bridgehead atoms. The molecule has 1 heterocycles. The van der Waals surface area contributed by atoms with E-state index in [2.05, 4.69) is 10.2 Å². The molecule has 0 unspecified atom stereocenters. The molecule has 1 saturated carbocycles. The summed E-state index contributed by atoms with van der Waals surface area (Å²) in [5.74, 6) is 0.715. The van der Waals surface area contributed by atoms with Crippen molar-refractivity contribution in [2.45, 2.75) is 38.5 Å². The third-order valence-electron chi connectivity index (χ3n) is 3.75. The Bertz CT molecular complexity index is 565. The van der Waals surface area contributed by atoms with Gasteiger partial charge in [-0.05, 0) is 38.0 Å². The van der Waals surface area contributed by atoms with Gasteiger partial charge in [0.1, 0.15) is 0 Å². The summed E-state index contributed by atoms with van der Waals surface area (Å²) in [6.45, 7) is 1.61. The first-order valence-electron chi connectivity index (χ1n) is 6.24. The molecule has 1 aliphatic rings. The van der Waals surface area contributed by atoms with Crippen LogP contribution in [-0.2, 0) is 0 Å². The number of fused-ring (bicyclic) bond motifs is 1. The van der Waals surface area contributed by atoms with Crippen molar-refractivity contribution >= 4 is 16.7 Å². The molecule has 0 aliphatic heterocycles. The van der Waals surface area contributed by atoms with E-state index in [1.54, 1.807) is 6.92 Å². The van der Waals surface area contributed by atoms with Crippen molar-refractivity contribution in [1.29, 1.82) is 0 Å². The fraction of sp³-hybridized carbons (Fsp3) is 0.429. The van der Waals surface area contributed by atoms with E-state index in [1.165, 1.54) is 31.4 Å². The molecule has 0 spiro atoms. The highest BCUT2D eigenvalue weighted by Gasteiger charge is 2.21. The van der Waals surface area contributed by atoms with E-state index >= 15 is 0 Å². The maximum Gasteiger partial charge on any atom is 0.159 e. The smallest absolute Gasteiger partial charge is 0.159 e. The third kappa shape index (κ3) is 1.75. The summed E-state index contributed by atoms with van der Waals surface area (Å²) in [6, 6.07) is 5.76. The van der Waals surface area contributed by atoms with Crippen LogP contribution in [0.25, 0.3) is 10.9 Å². The second-order valence-electron chi connectivity index (χ2n) is 4.91.